The lowest BCUT2D eigenvalue weighted by molar-refractivity contribution is -0.156. The molecule has 0 N–H and O–H groups in total. The second-order valence-electron chi connectivity index (χ2n) is 12.7. The molecule has 0 radical (unpaired) electrons. The van der Waals surface area contributed by atoms with Gasteiger partial charge in [-0.3, -0.25) is 9.59 Å². The van der Waals surface area contributed by atoms with Crippen LogP contribution < -0.4 is 0 Å². The van der Waals surface area contributed by atoms with Crippen molar-refractivity contribution in [1.29, 1.82) is 0 Å². The van der Waals surface area contributed by atoms with Crippen molar-refractivity contribution in [3.8, 4) is 0 Å². The molecule has 0 amide bonds. The Labute approximate surface area is 196 Å². The molecule has 180 valence electrons. The van der Waals surface area contributed by atoms with E-state index in [9.17, 15) is 9.59 Å². The molecule has 32 heavy (non-hydrogen) atoms. The summed E-state index contributed by atoms with van der Waals surface area (Å²) in [6.07, 6.45) is 13.8. The monoisotopic (exact) mass is 442 g/mol. The van der Waals surface area contributed by atoms with Crippen molar-refractivity contribution in [3.05, 3.63) is 11.6 Å². The van der Waals surface area contributed by atoms with Crippen LogP contribution in [0.15, 0.2) is 11.6 Å². The van der Waals surface area contributed by atoms with Gasteiger partial charge in [0, 0.05) is 13.3 Å². The zero-order valence-corrected chi connectivity index (χ0v) is 21.4. The van der Waals surface area contributed by atoms with Crippen LogP contribution in [-0.2, 0) is 14.3 Å². The predicted octanol–water partition coefficient (Wildman–Crippen LogP) is 7.14. The van der Waals surface area contributed by atoms with Gasteiger partial charge < -0.3 is 4.74 Å². The Bertz CT molecular complexity index is 766. The average Bonchev–Trinajstić information content (AvgIpc) is 3.05. The fourth-order valence-electron chi connectivity index (χ4n) is 8.92. The van der Waals surface area contributed by atoms with Crippen LogP contribution in [0, 0.1) is 46.3 Å². The number of hydrogen-bond donors (Lipinski definition) is 0. The van der Waals surface area contributed by atoms with E-state index in [-0.39, 0.29) is 17.2 Å². The van der Waals surface area contributed by atoms with Gasteiger partial charge in [0.15, 0.2) is 11.9 Å². The number of allylic oxidation sites excluding steroid dienone is 1. The number of ketones is 1. The summed E-state index contributed by atoms with van der Waals surface area (Å²) in [6.45, 7) is 13.6. The quantitative estimate of drug-likeness (QED) is 0.411. The number of ether oxygens (including phenoxy) is 1. The first-order chi connectivity index (χ1) is 15.1. The minimum Gasteiger partial charge on any atom is -0.454 e. The molecule has 0 saturated heterocycles. The Balaban J connectivity index is 1.51. The summed E-state index contributed by atoms with van der Waals surface area (Å²) in [7, 11) is 0. The standard InChI is InChI=1S/C29H46O3/c1-18(2)8-7-9-19(3)23-12-13-24-22-11-10-21-16-26(31)27(32-20(4)30)17-29(21,6)25(22)14-15-28(23,24)5/h16,18-19,22-25,27H,7-15,17H2,1-6H3/t19-,22+,23-,24+,25+,27-,28-,29+/m1/s1. The third-order valence-electron chi connectivity index (χ3n) is 10.5. The number of carbonyl (C=O) groups excluding carboxylic acids is 2. The number of hydrogen-bond acceptors (Lipinski definition) is 3. The Morgan fingerprint density at radius 3 is 2.53 bits per heavy atom. The fraction of sp³-hybridized carbons (Fsp3) is 0.862. The van der Waals surface area contributed by atoms with E-state index in [2.05, 4.69) is 34.6 Å². The Morgan fingerprint density at radius 1 is 1.09 bits per heavy atom. The first kappa shape index (κ1) is 24.0. The molecule has 0 aliphatic heterocycles. The average molecular weight is 443 g/mol. The smallest absolute Gasteiger partial charge is 0.303 e. The molecule has 3 nitrogen and oxygen atoms in total. The molecule has 0 spiro atoms. The van der Waals surface area contributed by atoms with Crippen molar-refractivity contribution < 1.29 is 14.3 Å². The zero-order valence-electron chi connectivity index (χ0n) is 21.4. The maximum absolute atomic E-state index is 12.6. The minimum absolute atomic E-state index is 0.00271. The molecule has 0 aromatic heterocycles. The van der Waals surface area contributed by atoms with Crippen molar-refractivity contribution in [3.63, 3.8) is 0 Å². The van der Waals surface area contributed by atoms with Crippen LogP contribution in [0.4, 0.5) is 0 Å². The first-order valence-corrected chi connectivity index (χ1v) is 13.5. The predicted molar refractivity (Wildman–Crippen MR) is 129 cm³/mol. The molecule has 3 saturated carbocycles. The Hall–Kier alpha value is -1.12. The van der Waals surface area contributed by atoms with Crippen LogP contribution >= 0.6 is 0 Å². The van der Waals surface area contributed by atoms with E-state index < -0.39 is 6.10 Å². The van der Waals surface area contributed by atoms with E-state index in [4.69, 9.17) is 4.74 Å². The van der Waals surface area contributed by atoms with Crippen molar-refractivity contribution in [1.82, 2.24) is 0 Å². The largest absolute Gasteiger partial charge is 0.454 e. The highest BCUT2D eigenvalue weighted by Crippen LogP contribution is 2.67. The van der Waals surface area contributed by atoms with Crippen molar-refractivity contribution in [2.45, 2.75) is 112 Å². The summed E-state index contributed by atoms with van der Waals surface area (Å²) in [6, 6.07) is 0. The molecule has 0 heterocycles. The number of esters is 1. The lowest BCUT2D eigenvalue weighted by Crippen LogP contribution is -2.53. The summed E-state index contributed by atoms with van der Waals surface area (Å²) in [5.41, 5.74) is 1.84. The van der Waals surface area contributed by atoms with Crippen LogP contribution in [-0.4, -0.2) is 17.9 Å². The fourth-order valence-corrected chi connectivity index (χ4v) is 8.92. The molecule has 0 unspecified atom stereocenters. The highest BCUT2D eigenvalue weighted by Gasteiger charge is 2.60. The first-order valence-electron chi connectivity index (χ1n) is 13.5. The highest BCUT2D eigenvalue weighted by molar-refractivity contribution is 5.96. The lowest BCUT2D eigenvalue weighted by atomic mass is 9.46. The third kappa shape index (κ3) is 4.11. The summed E-state index contributed by atoms with van der Waals surface area (Å²) in [5.74, 6) is 4.38. The number of fused-ring (bicyclic) bond motifs is 5. The molecule has 4 rings (SSSR count). The van der Waals surface area contributed by atoms with Crippen LogP contribution in [0.5, 0.6) is 0 Å². The maximum atomic E-state index is 12.6. The summed E-state index contributed by atoms with van der Waals surface area (Å²) >= 11 is 0. The molecule has 4 aliphatic carbocycles. The second kappa shape index (κ2) is 8.91. The van der Waals surface area contributed by atoms with Crippen LogP contribution in [0.2, 0.25) is 0 Å². The molecule has 0 aromatic carbocycles. The third-order valence-corrected chi connectivity index (χ3v) is 10.5. The SMILES string of the molecule is CC(=O)O[C@@H]1C[C@@]2(C)C(=CC1=O)CC[C@H]1[C@@H]3CC[C@H]([C@H](C)CCCC(C)C)[C@@]3(C)CC[C@@H]12. The van der Waals surface area contributed by atoms with Crippen LogP contribution in [0.3, 0.4) is 0 Å². The highest BCUT2D eigenvalue weighted by atomic mass is 16.5. The van der Waals surface area contributed by atoms with Crippen molar-refractivity contribution in [2.24, 2.45) is 46.3 Å². The molecule has 3 heteroatoms. The van der Waals surface area contributed by atoms with Gasteiger partial charge in [0.25, 0.3) is 0 Å². The van der Waals surface area contributed by atoms with Crippen molar-refractivity contribution in [2.75, 3.05) is 0 Å². The topological polar surface area (TPSA) is 43.4 Å². The van der Waals surface area contributed by atoms with Gasteiger partial charge in [-0.05, 0) is 90.9 Å². The van der Waals surface area contributed by atoms with E-state index in [1.165, 1.54) is 63.9 Å². The lowest BCUT2D eigenvalue weighted by Gasteiger charge is -2.59. The molecule has 4 aliphatic rings. The van der Waals surface area contributed by atoms with Gasteiger partial charge in [0.2, 0.25) is 0 Å². The van der Waals surface area contributed by atoms with E-state index in [0.717, 1.165) is 36.0 Å². The summed E-state index contributed by atoms with van der Waals surface area (Å²) < 4.78 is 5.47. The van der Waals surface area contributed by atoms with E-state index in [1.54, 1.807) is 0 Å². The Kier molecular flexibility index (Phi) is 6.69. The molecule has 8 atom stereocenters. The molecular formula is C29H46O3. The van der Waals surface area contributed by atoms with Gasteiger partial charge in [-0.2, -0.15) is 0 Å². The van der Waals surface area contributed by atoms with Crippen LogP contribution in [0.25, 0.3) is 0 Å². The summed E-state index contributed by atoms with van der Waals surface area (Å²) in [4.78, 5) is 24.2. The van der Waals surface area contributed by atoms with E-state index >= 15 is 0 Å². The van der Waals surface area contributed by atoms with Gasteiger partial charge in [0.1, 0.15) is 0 Å². The van der Waals surface area contributed by atoms with Gasteiger partial charge in [-0.25, -0.2) is 0 Å². The van der Waals surface area contributed by atoms with Gasteiger partial charge >= 0.3 is 5.97 Å². The maximum Gasteiger partial charge on any atom is 0.303 e. The molecule has 3 fully saturated rings. The number of carbonyl (C=O) groups is 2. The molecule has 0 aromatic rings. The minimum atomic E-state index is -0.578. The summed E-state index contributed by atoms with van der Waals surface area (Å²) in [5, 5.41) is 0. The Morgan fingerprint density at radius 2 is 1.84 bits per heavy atom. The van der Waals surface area contributed by atoms with Gasteiger partial charge in [-0.15, -0.1) is 0 Å². The van der Waals surface area contributed by atoms with Gasteiger partial charge in [0.05, 0.1) is 0 Å². The molecule has 0 bridgehead atoms. The van der Waals surface area contributed by atoms with Crippen LogP contribution in [0.1, 0.15) is 106 Å². The normalized spacial score (nSPS) is 42.0. The van der Waals surface area contributed by atoms with E-state index in [0.29, 0.717) is 17.8 Å². The zero-order chi connectivity index (χ0) is 23.3. The second-order valence-corrected chi connectivity index (χ2v) is 12.7. The number of rotatable bonds is 6. The molecular weight excluding hydrogens is 396 g/mol. The van der Waals surface area contributed by atoms with E-state index in [1.807, 2.05) is 6.08 Å². The van der Waals surface area contributed by atoms with Gasteiger partial charge in [-0.1, -0.05) is 59.5 Å². The van der Waals surface area contributed by atoms with Crippen molar-refractivity contribution >= 4 is 11.8 Å².